The first-order chi connectivity index (χ1) is 10.2. The SMILES string of the molecule is CCOc1ccc2cc(CCCCOC(C)=O)ccc2c1. The summed E-state index contributed by atoms with van der Waals surface area (Å²) < 4.78 is 10.4. The number of carbonyl (C=O) groups excluding carboxylic acids is 1. The Hall–Kier alpha value is -2.03. The van der Waals surface area contributed by atoms with Gasteiger partial charge >= 0.3 is 5.97 Å². The van der Waals surface area contributed by atoms with Crippen LogP contribution in [0.25, 0.3) is 10.8 Å². The van der Waals surface area contributed by atoms with E-state index in [1.807, 2.05) is 13.0 Å². The lowest BCUT2D eigenvalue weighted by Gasteiger charge is -2.07. The fourth-order valence-corrected chi connectivity index (χ4v) is 2.33. The van der Waals surface area contributed by atoms with E-state index in [0.29, 0.717) is 13.2 Å². The molecule has 0 aromatic heterocycles. The second-order valence-corrected chi connectivity index (χ2v) is 5.07. The molecule has 2 aromatic rings. The summed E-state index contributed by atoms with van der Waals surface area (Å²) in [6.45, 7) is 4.63. The molecule has 0 aliphatic rings. The Labute approximate surface area is 125 Å². The van der Waals surface area contributed by atoms with Gasteiger partial charge in [-0.2, -0.15) is 0 Å². The zero-order valence-electron chi connectivity index (χ0n) is 12.7. The minimum Gasteiger partial charge on any atom is -0.494 e. The number of aryl methyl sites for hydroxylation is 1. The lowest BCUT2D eigenvalue weighted by Crippen LogP contribution is -2.00. The van der Waals surface area contributed by atoms with Gasteiger partial charge in [0.2, 0.25) is 0 Å². The van der Waals surface area contributed by atoms with Crippen molar-refractivity contribution in [1.82, 2.24) is 0 Å². The van der Waals surface area contributed by atoms with Crippen molar-refractivity contribution in [3.05, 3.63) is 42.0 Å². The summed E-state index contributed by atoms with van der Waals surface area (Å²) in [7, 11) is 0. The first kappa shape index (κ1) is 15.4. The van der Waals surface area contributed by atoms with E-state index >= 15 is 0 Å². The lowest BCUT2D eigenvalue weighted by molar-refractivity contribution is -0.141. The average molecular weight is 286 g/mol. The Kier molecular flexibility index (Phi) is 5.61. The van der Waals surface area contributed by atoms with Gasteiger partial charge in [0.05, 0.1) is 13.2 Å². The van der Waals surface area contributed by atoms with Crippen molar-refractivity contribution in [3.63, 3.8) is 0 Å². The van der Waals surface area contributed by atoms with Crippen LogP contribution in [0.5, 0.6) is 5.75 Å². The summed E-state index contributed by atoms with van der Waals surface area (Å²) in [5, 5.41) is 2.43. The average Bonchev–Trinajstić information content (AvgIpc) is 2.47. The number of unbranched alkanes of at least 4 members (excludes halogenated alkanes) is 1. The summed E-state index contributed by atoms with van der Waals surface area (Å²) in [4.78, 5) is 10.7. The van der Waals surface area contributed by atoms with E-state index in [-0.39, 0.29) is 5.97 Å². The second kappa shape index (κ2) is 7.67. The zero-order valence-corrected chi connectivity index (χ0v) is 12.7. The van der Waals surface area contributed by atoms with Crippen molar-refractivity contribution >= 4 is 16.7 Å². The molecule has 0 radical (unpaired) electrons. The van der Waals surface area contributed by atoms with E-state index in [9.17, 15) is 4.79 Å². The predicted octanol–water partition coefficient (Wildman–Crippen LogP) is 4.12. The molecule has 0 atom stereocenters. The molecular formula is C18H22O3. The molecule has 0 fully saturated rings. The Morgan fingerprint density at radius 2 is 1.81 bits per heavy atom. The van der Waals surface area contributed by atoms with Gasteiger partial charge in [0.1, 0.15) is 5.75 Å². The van der Waals surface area contributed by atoms with Crippen LogP contribution >= 0.6 is 0 Å². The van der Waals surface area contributed by atoms with Gasteiger partial charge in [-0.15, -0.1) is 0 Å². The highest BCUT2D eigenvalue weighted by Crippen LogP contribution is 2.22. The van der Waals surface area contributed by atoms with Crippen molar-refractivity contribution in [2.45, 2.75) is 33.1 Å². The highest BCUT2D eigenvalue weighted by Gasteiger charge is 2.00. The smallest absolute Gasteiger partial charge is 0.302 e. The third-order valence-electron chi connectivity index (χ3n) is 3.35. The summed E-state index contributed by atoms with van der Waals surface area (Å²) in [5.41, 5.74) is 1.31. The Morgan fingerprint density at radius 3 is 2.57 bits per heavy atom. The molecule has 0 heterocycles. The molecule has 0 saturated carbocycles. The minimum absolute atomic E-state index is 0.203. The van der Waals surface area contributed by atoms with Crippen LogP contribution in [0.15, 0.2) is 36.4 Å². The number of hydrogen-bond acceptors (Lipinski definition) is 3. The number of hydrogen-bond donors (Lipinski definition) is 0. The lowest BCUT2D eigenvalue weighted by atomic mass is 10.0. The highest BCUT2D eigenvalue weighted by molar-refractivity contribution is 5.84. The van der Waals surface area contributed by atoms with E-state index in [1.54, 1.807) is 0 Å². The van der Waals surface area contributed by atoms with Gasteiger partial charge in [-0.3, -0.25) is 4.79 Å². The molecule has 0 aliphatic heterocycles. The number of fused-ring (bicyclic) bond motifs is 1. The Bertz CT molecular complexity index is 604. The van der Waals surface area contributed by atoms with Gasteiger partial charge in [0.25, 0.3) is 0 Å². The topological polar surface area (TPSA) is 35.5 Å². The number of benzene rings is 2. The molecule has 21 heavy (non-hydrogen) atoms. The summed E-state index contributed by atoms with van der Waals surface area (Å²) >= 11 is 0. The van der Waals surface area contributed by atoms with Crippen molar-refractivity contribution in [3.8, 4) is 5.75 Å². The van der Waals surface area contributed by atoms with Gasteiger partial charge in [0, 0.05) is 6.92 Å². The molecular weight excluding hydrogens is 264 g/mol. The van der Waals surface area contributed by atoms with Crippen LogP contribution in [-0.4, -0.2) is 19.2 Å². The molecule has 0 amide bonds. The van der Waals surface area contributed by atoms with Gasteiger partial charge in [-0.1, -0.05) is 24.3 Å². The third-order valence-corrected chi connectivity index (χ3v) is 3.35. The second-order valence-electron chi connectivity index (χ2n) is 5.07. The fraction of sp³-hybridized carbons (Fsp3) is 0.389. The molecule has 112 valence electrons. The normalized spacial score (nSPS) is 10.6. The maximum absolute atomic E-state index is 10.7. The van der Waals surface area contributed by atoms with Gasteiger partial charge in [0.15, 0.2) is 0 Å². The number of esters is 1. The molecule has 3 heteroatoms. The molecule has 0 N–H and O–H groups in total. The number of rotatable bonds is 7. The molecule has 0 unspecified atom stereocenters. The van der Waals surface area contributed by atoms with Crippen LogP contribution < -0.4 is 4.74 Å². The highest BCUT2D eigenvalue weighted by atomic mass is 16.5. The summed E-state index contributed by atoms with van der Waals surface area (Å²) in [6, 6.07) is 12.7. The van der Waals surface area contributed by atoms with Crippen molar-refractivity contribution in [2.24, 2.45) is 0 Å². The van der Waals surface area contributed by atoms with Crippen LogP contribution in [0.2, 0.25) is 0 Å². The molecule has 0 aliphatic carbocycles. The van der Waals surface area contributed by atoms with Gasteiger partial charge < -0.3 is 9.47 Å². The largest absolute Gasteiger partial charge is 0.494 e. The monoisotopic (exact) mass is 286 g/mol. The summed E-state index contributed by atoms with van der Waals surface area (Å²) in [6.07, 6.45) is 2.93. The standard InChI is InChI=1S/C18H22O3/c1-3-20-18-10-9-16-12-15(7-8-17(16)13-18)6-4-5-11-21-14(2)19/h7-10,12-13H,3-6,11H2,1-2H3. The van der Waals surface area contributed by atoms with Crippen LogP contribution in [-0.2, 0) is 16.0 Å². The quantitative estimate of drug-likeness (QED) is 0.567. The third kappa shape index (κ3) is 4.78. The first-order valence-corrected chi connectivity index (χ1v) is 7.48. The van der Waals surface area contributed by atoms with Gasteiger partial charge in [-0.25, -0.2) is 0 Å². The number of ether oxygens (including phenoxy) is 2. The molecule has 0 spiro atoms. The first-order valence-electron chi connectivity index (χ1n) is 7.48. The molecule has 0 bridgehead atoms. The van der Waals surface area contributed by atoms with Crippen LogP contribution in [0.4, 0.5) is 0 Å². The van der Waals surface area contributed by atoms with E-state index in [2.05, 4.69) is 30.3 Å². The maximum Gasteiger partial charge on any atom is 0.302 e. The van der Waals surface area contributed by atoms with Crippen LogP contribution in [0.1, 0.15) is 32.3 Å². The number of carbonyl (C=O) groups is 1. The van der Waals surface area contributed by atoms with E-state index < -0.39 is 0 Å². The van der Waals surface area contributed by atoms with Gasteiger partial charge in [-0.05, 0) is 54.7 Å². The zero-order chi connectivity index (χ0) is 15.1. The fourth-order valence-electron chi connectivity index (χ4n) is 2.33. The molecule has 0 saturated heterocycles. The van der Waals surface area contributed by atoms with E-state index in [1.165, 1.54) is 23.3 Å². The molecule has 2 rings (SSSR count). The van der Waals surface area contributed by atoms with E-state index in [4.69, 9.17) is 9.47 Å². The Balaban J connectivity index is 1.93. The van der Waals surface area contributed by atoms with Crippen LogP contribution in [0.3, 0.4) is 0 Å². The summed E-state index contributed by atoms with van der Waals surface area (Å²) in [5.74, 6) is 0.713. The predicted molar refractivity (Wildman–Crippen MR) is 84.7 cm³/mol. The van der Waals surface area contributed by atoms with Crippen molar-refractivity contribution < 1.29 is 14.3 Å². The Morgan fingerprint density at radius 1 is 1.05 bits per heavy atom. The van der Waals surface area contributed by atoms with E-state index in [0.717, 1.165) is 25.0 Å². The molecule has 3 nitrogen and oxygen atoms in total. The minimum atomic E-state index is -0.203. The maximum atomic E-state index is 10.7. The molecule has 2 aromatic carbocycles. The van der Waals surface area contributed by atoms with Crippen molar-refractivity contribution in [2.75, 3.05) is 13.2 Å². The van der Waals surface area contributed by atoms with Crippen molar-refractivity contribution in [1.29, 1.82) is 0 Å². The van der Waals surface area contributed by atoms with Crippen LogP contribution in [0, 0.1) is 0 Å².